The lowest BCUT2D eigenvalue weighted by Gasteiger charge is -2.23. The zero-order chi connectivity index (χ0) is 12.9. The maximum atomic E-state index is 9.19. The van der Waals surface area contributed by atoms with Gasteiger partial charge in [-0.2, -0.15) is 0 Å². The molecular weight excluding hydrogens is 218 g/mol. The van der Waals surface area contributed by atoms with Gasteiger partial charge in [-0.05, 0) is 31.9 Å². The van der Waals surface area contributed by atoms with Gasteiger partial charge in [-0.15, -0.1) is 0 Å². The molecule has 0 aliphatic carbocycles. The molecule has 0 aliphatic rings. The minimum Gasteiger partial charge on any atom is -0.493 e. The molecule has 0 aliphatic heterocycles. The summed E-state index contributed by atoms with van der Waals surface area (Å²) in [4.78, 5) is 0. The molecule has 0 saturated carbocycles. The van der Waals surface area contributed by atoms with Crippen molar-refractivity contribution in [1.82, 2.24) is 0 Å². The van der Waals surface area contributed by atoms with Gasteiger partial charge in [-0.25, -0.2) is 0 Å². The van der Waals surface area contributed by atoms with Gasteiger partial charge >= 0.3 is 0 Å². The molecule has 3 N–H and O–H groups in total. The molecule has 4 heteroatoms. The molecule has 1 rings (SSSR count). The fourth-order valence-corrected chi connectivity index (χ4v) is 1.69. The molecule has 0 amide bonds. The van der Waals surface area contributed by atoms with Crippen LogP contribution in [0.5, 0.6) is 11.5 Å². The highest BCUT2D eigenvalue weighted by molar-refractivity contribution is 5.47. The van der Waals surface area contributed by atoms with Gasteiger partial charge in [-0.1, -0.05) is 12.1 Å². The molecule has 4 nitrogen and oxygen atoms in total. The van der Waals surface area contributed by atoms with Gasteiger partial charge in [0.25, 0.3) is 0 Å². The Morgan fingerprint density at radius 3 is 2.65 bits per heavy atom. The molecule has 1 aromatic carbocycles. The van der Waals surface area contributed by atoms with Crippen molar-refractivity contribution in [2.24, 2.45) is 5.73 Å². The Balaban J connectivity index is 3.02. The number of aliphatic hydroxyl groups excluding tert-OH is 1. The molecule has 1 atom stereocenters. The second-order valence-electron chi connectivity index (χ2n) is 4.37. The van der Waals surface area contributed by atoms with E-state index in [1.54, 1.807) is 14.0 Å². The fourth-order valence-electron chi connectivity index (χ4n) is 1.69. The Kier molecular flexibility index (Phi) is 4.78. The highest BCUT2D eigenvalue weighted by atomic mass is 16.5. The van der Waals surface area contributed by atoms with Gasteiger partial charge < -0.3 is 20.3 Å². The van der Waals surface area contributed by atoms with Crippen molar-refractivity contribution in [3.05, 3.63) is 23.8 Å². The van der Waals surface area contributed by atoms with E-state index in [9.17, 15) is 5.11 Å². The lowest BCUT2D eigenvalue weighted by atomic mass is 9.94. The Labute approximate surface area is 102 Å². The number of hydrogen-bond donors (Lipinski definition) is 2. The predicted molar refractivity (Wildman–Crippen MR) is 67.5 cm³/mol. The highest BCUT2D eigenvalue weighted by Crippen LogP contribution is 2.32. The molecule has 0 radical (unpaired) electrons. The zero-order valence-corrected chi connectivity index (χ0v) is 10.7. The van der Waals surface area contributed by atoms with Crippen LogP contribution in [0.25, 0.3) is 0 Å². The average Bonchev–Trinajstić information content (AvgIpc) is 2.29. The number of hydrogen-bond acceptors (Lipinski definition) is 4. The Hall–Kier alpha value is -1.26. The second kappa shape index (κ2) is 5.89. The molecule has 0 fully saturated rings. The third kappa shape index (κ3) is 3.61. The van der Waals surface area contributed by atoms with Gasteiger partial charge in [-0.3, -0.25) is 0 Å². The van der Waals surface area contributed by atoms with E-state index in [4.69, 9.17) is 15.2 Å². The Morgan fingerprint density at radius 2 is 2.12 bits per heavy atom. The number of methoxy groups -OCH3 is 1. The van der Waals surface area contributed by atoms with Crippen molar-refractivity contribution in [2.75, 3.05) is 20.3 Å². The topological polar surface area (TPSA) is 64.7 Å². The number of para-hydroxylation sites is 1. The van der Waals surface area contributed by atoms with Crippen LogP contribution in [0.15, 0.2) is 18.2 Å². The summed E-state index contributed by atoms with van der Waals surface area (Å²) in [5.41, 5.74) is 6.24. The molecule has 0 spiro atoms. The summed E-state index contributed by atoms with van der Waals surface area (Å²) in [6.45, 7) is 4.24. The monoisotopic (exact) mass is 239 g/mol. The largest absolute Gasteiger partial charge is 0.493 e. The normalized spacial score (nSPS) is 14.2. The van der Waals surface area contributed by atoms with Crippen LogP contribution in [0.1, 0.15) is 19.4 Å². The van der Waals surface area contributed by atoms with E-state index in [-0.39, 0.29) is 6.61 Å². The first-order valence-electron chi connectivity index (χ1n) is 5.72. The van der Waals surface area contributed by atoms with Crippen molar-refractivity contribution in [2.45, 2.75) is 25.8 Å². The Morgan fingerprint density at radius 1 is 1.41 bits per heavy atom. The average molecular weight is 239 g/mol. The van der Waals surface area contributed by atoms with Gasteiger partial charge in [0.05, 0.1) is 20.3 Å². The van der Waals surface area contributed by atoms with Crippen LogP contribution in [-0.4, -0.2) is 31.0 Å². The first kappa shape index (κ1) is 13.8. The summed E-state index contributed by atoms with van der Waals surface area (Å²) >= 11 is 0. The molecule has 0 bridgehead atoms. The van der Waals surface area contributed by atoms with E-state index < -0.39 is 5.54 Å². The summed E-state index contributed by atoms with van der Waals surface area (Å²) in [6.07, 6.45) is 0.535. The van der Waals surface area contributed by atoms with Gasteiger partial charge in [0, 0.05) is 5.54 Å². The van der Waals surface area contributed by atoms with Gasteiger partial charge in [0.2, 0.25) is 0 Å². The molecule has 0 heterocycles. The SMILES string of the molecule is CCOc1cccc(CC(C)(N)CO)c1OC. The van der Waals surface area contributed by atoms with E-state index in [1.807, 2.05) is 25.1 Å². The maximum Gasteiger partial charge on any atom is 0.163 e. The van der Waals surface area contributed by atoms with Crippen LogP contribution >= 0.6 is 0 Å². The molecular formula is C13H21NO3. The predicted octanol–water partition coefficient (Wildman–Crippen LogP) is 1.35. The van der Waals surface area contributed by atoms with Crippen molar-refractivity contribution in [3.8, 4) is 11.5 Å². The molecule has 0 saturated heterocycles. The quantitative estimate of drug-likeness (QED) is 0.786. The molecule has 17 heavy (non-hydrogen) atoms. The third-order valence-corrected chi connectivity index (χ3v) is 2.52. The standard InChI is InChI=1S/C13H21NO3/c1-4-17-11-7-5-6-10(12(11)16-3)8-13(2,14)9-15/h5-7,15H,4,8-9,14H2,1-3H3. The number of aliphatic hydroxyl groups is 1. The fraction of sp³-hybridized carbons (Fsp3) is 0.538. The number of nitrogens with two attached hydrogens (primary N) is 1. The molecule has 0 aromatic heterocycles. The van der Waals surface area contributed by atoms with Crippen LogP contribution < -0.4 is 15.2 Å². The van der Waals surface area contributed by atoms with Crippen LogP contribution in [0.4, 0.5) is 0 Å². The van der Waals surface area contributed by atoms with Crippen molar-refractivity contribution in [3.63, 3.8) is 0 Å². The molecule has 96 valence electrons. The van der Waals surface area contributed by atoms with Crippen molar-refractivity contribution >= 4 is 0 Å². The summed E-state index contributed by atoms with van der Waals surface area (Å²) in [6, 6.07) is 5.69. The second-order valence-corrected chi connectivity index (χ2v) is 4.37. The summed E-state index contributed by atoms with van der Waals surface area (Å²) in [5.74, 6) is 1.40. The minimum atomic E-state index is -0.655. The minimum absolute atomic E-state index is 0.0744. The lowest BCUT2D eigenvalue weighted by molar-refractivity contribution is 0.206. The number of benzene rings is 1. The molecule has 1 aromatic rings. The molecule has 1 unspecified atom stereocenters. The van der Waals surface area contributed by atoms with Crippen LogP contribution in [0, 0.1) is 0 Å². The summed E-state index contributed by atoms with van der Waals surface area (Å²) in [5, 5.41) is 9.19. The van der Waals surface area contributed by atoms with E-state index in [1.165, 1.54) is 0 Å². The van der Waals surface area contributed by atoms with E-state index in [0.29, 0.717) is 24.5 Å². The van der Waals surface area contributed by atoms with Gasteiger partial charge in [0.1, 0.15) is 0 Å². The van der Waals surface area contributed by atoms with Crippen LogP contribution in [0.2, 0.25) is 0 Å². The van der Waals surface area contributed by atoms with Crippen LogP contribution in [-0.2, 0) is 6.42 Å². The zero-order valence-electron chi connectivity index (χ0n) is 10.7. The third-order valence-electron chi connectivity index (χ3n) is 2.52. The highest BCUT2D eigenvalue weighted by Gasteiger charge is 2.21. The smallest absolute Gasteiger partial charge is 0.163 e. The number of ether oxygens (including phenoxy) is 2. The van der Waals surface area contributed by atoms with E-state index >= 15 is 0 Å². The van der Waals surface area contributed by atoms with Crippen molar-refractivity contribution in [1.29, 1.82) is 0 Å². The first-order valence-corrected chi connectivity index (χ1v) is 5.72. The number of rotatable bonds is 6. The van der Waals surface area contributed by atoms with Crippen molar-refractivity contribution < 1.29 is 14.6 Å². The van der Waals surface area contributed by atoms with Gasteiger partial charge in [0.15, 0.2) is 11.5 Å². The van der Waals surface area contributed by atoms with E-state index in [2.05, 4.69) is 0 Å². The maximum absolute atomic E-state index is 9.19. The lowest BCUT2D eigenvalue weighted by Crippen LogP contribution is -2.42. The van der Waals surface area contributed by atoms with E-state index in [0.717, 1.165) is 5.56 Å². The first-order chi connectivity index (χ1) is 8.04. The Bertz CT molecular complexity index is 364. The summed E-state index contributed by atoms with van der Waals surface area (Å²) in [7, 11) is 1.61. The van der Waals surface area contributed by atoms with Crippen LogP contribution in [0.3, 0.4) is 0 Å². The summed E-state index contributed by atoms with van der Waals surface area (Å²) < 4.78 is 10.8.